The van der Waals surface area contributed by atoms with Crippen LogP contribution in [-0.4, -0.2) is 19.1 Å². The molecule has 3 aromatic rings. The van der Waals surface area contributed by atoms with Gasteiger partial charge >= 0.3 is 5.69 Å². The SMILES string of the molecule is CCCn1ccn(Cc2nc(Cl)c3ccsc3n2)c1=O. The molecular formula is C13H13ClN4OS. The Bertz CT molecular complexity index is 804. The predicted molar refractivity (Wildman–Crippen MR) is 80.5 cm³/mol. The first-order valence-corrected chi connectivity index (χ1v) is 7.60. The number of hydrogen-bond acceptors (Lipinski definition) is 4. The summed E-state index contributed by atoms with van der Waals surface area (Å²) in [5, 5.41) is 3.22. The molecule has 0 bridgehead atoms. The van der Waals surface area contributed by atoms with Crippen molar-refractivity contribution in [2.24, 2.45) is 0 Å². The molecule has 0 unspecified atom stereocenters. The van der Waals surface area contributed by atoms with Gasteiger partial charge in [-0.05, 0) is 17.9 Å². The number of fused-ring (bicyclic) bond motifs is 1. The number of aryl methyl sites for hydroxylation is 1. The molecule has 0 aromatic carbocycles. The lowest BCUT2D eigenvalue weighted by atomic mass is 10.4. The van der Waals surface area contributed by atoms with Crippen molar-refractivity contribution in [2.45, 2.75) is 26.4 Å². The number of nitrogens with zero attached hydrogens (tertiary/aromatic N) is 4. The van der Waals surface area contributed by atoms with Gasteiger partial charge in [-0.2, -0.15) is 0 Å². The Balaban J connectivity index is 1.95. The van der Waals surface area contributed by atoms with E-state index >= 15 is 0 Å². The van der Waals surface area contributed by atoms with Crippen molar-refractivity contribution in [1.29, 1.82) is 0 Å². The number of aromatic nitrogens is 4. The maximum Gasteiger partial charge on any atom is 0.328 e. The van der Waals surface area contributed by atoms with Crippen LogP contribution in [0.5, 0.6) is 0 Å². The van der Waals surface area contributed by atoms with Crippen LogP contribution >= 0.6 is 22.9 Å². The Kier molecular flexibility index (Phi) is 3.58. The van der Waals surface area contributed by atoms with E-state index < -0.39 is 0 Å². The minimum atomic E-state index is -0.0437. The van der Waals surface area contributed by atoms with Crippen LogP contribution in [0.25, 0.3) is 10.2 Å². The van der Waals surface area contributed by atoms with Gasteiger partial charge in [-0.15, -0.1) is 11.3 Å². The Morgan fingerprint density at radius 1 is 1.30 bits per heavy atom. The molecule has 0 atom stereocenters. The van der Waals surface area contributed by atoms with Gasteiger partial charge in [0.25, 0.3) is 0 Å². The summed E-state index contributed by atoms with van der Waals surface area (Å²) in [6.45, 7) is 3.10. The van der Waals surface area contributed by atoms with E-state index in [1.54, 1.807) is 21.5 Å². The molecule has 0 aliphatic rings. The number of rotatable bonds is 4. The topological polar surface area (TPSA) is 52.7 Å². The molecule has 0 aliphatic heterocycles. The Morgan fingerprint density at radius 3 is 2.90 bits per heavy atom. The maximum absolute atomic E-state index is 12.1. The van der Waals surface area contributed by atoms with Crippen molar-refractivity contribution >= 4 is 33.2 Å². The van der Waals surface area contributed by atoms with Crippen LogP contribution in [0.15, 0.2) is 28.6 Å². The van der Waals surface area contributed by atoms with Crippen LogP contribution in [0.1, 0.15) is 19.2 Å². The van der Waals surface area contributed by atoms with E-state index in [9.17, 15) is 4.79 Å². The second kappa shape index (κ2) is 5.38. The number of hydrogen-bond donors (Lipinski definition) is 0. The fourth-order valence-electron chi connectivity index (χ4n) is 2.07. The van der Waals surface area contributed by atoms with E-state index in [0.717, 1.165) is 23.2 Å². The normalized spacial score (nSPS) is 11.3. The van der Waals surface area contributed by atoms with E-state index in [0.29, 0.717) is 17.5 Å². The van der Waals surface area contributed by atoms with Crippen molar-refractivity contribution < 1.29 is 0 Å². The molecule has 0 radical (unpaired) electrons. The summed E-state index contributed by atoms with van der Waals surface area (Å²) in [6, 6.07) is 1.90. The monoisotopic (exact) mass is 308 g/mol. The standard InChI is InChI=1S/C13H13ClN4OS/c1-2-4-17-5-6-18(13(17)19)8-10-15-11(14)9-3-7-20-12(9)16-10/h3,5-7H,2,4,8H2,1H3. The van der Waals surface area contributed by atoms with Crippen LogP contribution < -0.4 is 5.69 Å². The quantitative estimate of drug-likeness (QED) is 0.696. The van der Waals surface area contributed by atoms with Crippen molar-refractivity contribution in [1.82, 2.24) is 19.1 Å². The highest BCUT2D eigenvalue weighted by molar-refractivity contribution is 7.16. The van der Waals surface area contributed by atoms with Gasteiger partial charge in [0.1, 0.15) is 9.98 Å². The highest BCUT2D eigenvalue weighted by atomic mass is 35.5. The minimum absolute atomic E-state index is 0.0437. The number of halogens is 1. The smallest absolute Gasteiger partial charge is 0.299 e. The summed E-state index contributed by atoms with van der Waals surface area (Å²) in [6.07, 6.45) is 4.47. The number of thiophene rings is 1. The summed E-state index contributed by atoms with van der Waals surface area (Å²) in [5.74, 6) is 0.557. The Morgan fingerprint density at radius 2 is 2.10 bits per heavy atom. The van der Waals surface area contributed by atoms with Crippen LogP contribution in [0.4, 0.5) is 0 Å². The van der Waals surface area contributed by atoms with Crippen LogP contribution in [0, 0.1) is 0 Å². The van der Waals surface area contributed by atoms with Crippen molar-refractivity contribution in [3.05, 3.63) is 45.3 Å². The fraction of sp³-hybridized carbons (Fsp3) is 0.308. The molecule has 5 nitrogen and oxygen atoms in total. The zero-order valence-electron chi connectivity index (χ0n) is 10.9. The highest BCUT2D eigenvalue weighted by Gasteiger charge is 2.09. The summed E-state index contributed by atoms with van der Waals surface area (Å²) in [4.78, 5) is 21.6. The average molecular weight is 309 g/mol. The van der Waals surface area contributed by atoms with E-state index in [4.69, 9.17) is 11.6 Å². The first kappa shape index (κ1) is 13.3. The van der Waals surface area contributed by atoms with E-state index in [1.807, 2.05) is 18.4 Å². The van der Waals surface area contributed by atoms with Crippen LogP contribution in [0.3, 0.4) is 0 Å². The maximum atomic E-state index is 12.1. The molecule has 3 aromatic heterocycles. The van der Waals surface area contributed by atoms with Gasteiger partial charge in [0.2, 0.25) is 0 Å². The van der Waals surface area contributed by atoms with E-state index in [-0.39, 0.29) is 5.69 Å². The molecule has 0 aliphatic carbocycles. The van der Waals surface area contributed by atoms with Gasteiger partial charge < -0.3 is 0 Å². The third-order valence-electron chi connectivity index (χ3n) is 3.02. The van der Waals surface area contributed by atoms with E-state index in [1.165, 1.54) is 11.3 Å². The first-order valence-electron chi connectivity index (χ1n) is 6.34. The molecule has 0 amide bonds. The molecule has 0 spiro atoms. The summed E-state index contributed by atoms with van der Waals surface area (Å²) in [5.41, 5.74) is -0.0437. The van der Waals surface area contributed by atoms with Gasteiger partial charge in [0.05, 0.1) is 6.54 Å². The second-order valence-electron chi connectivity index (χ2n) is 4.47. The lowest BCUT2D eigenvalue weighted by Crippen LogP contribution is -2.25. The van der Waals surface area contributed by atoms with Gasteiger partial charge in [0, 0.05) is 24.3 Å². The third kappa shape index (κ3) is 2.36. The molecule has 0 saturated heterocycles. The lowest BCUT2D eigenvalue weighted by Gasteiger charge is -2.02. The highest BCUT2D eigenvalue weighted by Crippen LogP contribution is 2.24. The fourth-order valence-corrected chi connectivity index (χ4v) is 3.16. The molecular weight excluding hydrogens is 296 g/mol. The molecule has 0 N–H and O–H groups in total. The second-order valence-corrected chi connectivity index (χ2v) is 5.72. The Labute approximate surface area is 124 Å². The number of imidazole rings is 1. The molecule has 3 rings (SSSR count). The molecule has 20 heavy (non-hydrogen) atoms. The zero-order chi connectivity index (χ0) is 14.1. The predicted octanol–water partition coefficient (Wildman–Crippen LogP) is 2.77. The Hall–Kier alpha value is -1.66. The minimum Gasteiger partial charge on any atom is -0.299 e. The molecule has 0 fully saturated rings. The van der Waals surface area contributed by atoms with Gasteiger partial charge in [-0.3, -0.25) is 9.13 Å². The molecule has 7 heteroatoms. The van der Waals surface area contributed by atoms with E-state index in [2.05, 4.69) is 9.97 Å². The van der Waals surface area contributed by atoms with Gasteiger partial charge in [-0.25, -0.2) is 14.8 Å². The third-order valence-corrected chi connectivity index (χ3v) is 4.11. The summed E-state index contributed by atoms with van der Waals surface area (Å²) < 4.78 is 3.28. The zero-order valence-corrected chi connectivity index (χ0v) is 12.5. The molecule has 0 saturated carbocycles. The lowest BCUT2D eigenvalue weighted by molar-refractivity contribution is 0.617. The largest absolute Gasteiger partial charge is 0.328 e. The summed E-state index contributed by atoms with van der Waals surface area (Å²) >= 11 is 7.64. The average Bonchev–Trinajstić information content (AvgIpc) is 3.01. The van der Waals surface area contributed by atoms with Gasteiger partial charge in [0.15, 0.2) is 5.82 Å². The first-order chi connectivity index (χ1) is 9.69. The molecule has 3 heterocycles. The van der Waals surface area contributed by atoms with Crippen molar-refractivity contribution in [2.75, 3.05) is 0 Å². The van der Waals surface area contributed by atoms with Crippen LogP contribution in [0.2, 0.25) is 5.15 Å². The molecule has 104 valence electrons. The van der Waals surface area contributed by atoms with Gasteiger partial charge in [-0.1, -0.05) is 18.5 Å². The van der Waals surface area contributed by atoms with Crippen molar-refractivity contribution in [3.63, 3.8) is 0 Å². The summed E-state index contributed by atoms with van der Waals surface area (Å²) in [7, 11) is 0. The van der Waals surface area contributed by atoms with Crippen molar-refractivity contribution in [3.8, 4) is 0 Å². The van der Waals surface area contributed by atoms with Crippen LogP contribution in [-0.2, 0) is 13.1 Å².